The van der Waals surface area contributed by atoms with Crippen LogP contribution in [0.3, 0.4) is 0 Å². The van der Waals surface area contributed by atoms with E-state index in [0.29, 0.717) is 19.8 Å². The van der Waals surface area contributed by atoms with Gasteiger partial charge in [-0.05, 0) is 24.5 Å². The zero-order chi connectivity index (χ0) is 18.5. The van der Waals surface area contributed by atoms with Crippen molar-refractivity contribution >= 4 is 5.91 Å². The van der Waals surface area contributed by atoms with Gasteiger partial charge in [0.25, 0.3) is 0 Å². The number of aryl methyl sites for hydroxylation is 1. The van der Waals surface area contributed by atoms with Crippen LogP contribution in [-0.2, 0) is 29.0 Å². The quantitative estimate of drug-likeness (QED) is 0.848. The number of hydrogen-bond acceptors (Lipinski definition) is 6. The Balaban J connectivity index is 1.48. The van der Waals surface area contributed by atoms with Gasteiger partial charge in [-0.25, -0.2) is 0 Å². The molecule has 8 nitrogen and oxygen atoms in total. The number of carbonyl (C=O) groups excluding carboxylic acids is 1. The van der Waals surface area contributed by atoms with Gasteiger partial charge in [0.15, 0.2) is 5.82 Å². The van der Waals surface area contributed by atoms with E-state index in [1.807, 2.05) is 12.1 Å². The van der Waals surface area contributed by atoms with Crippen LogP contribution in [0.2, 0.25) is 0 Å². The molecule has 0 radical (unpaired) electrons. The van der Waals surface area contributed by atoms with Crippen molar-refractivity contribution in [3.05, 3.63) is 41.7 Å². The highest BCUT2D eigenvalue weighted by atomic mass is 16.5. The standard InChI is InChI=1S/C19H26N6O2/c26-19(21-14-17-23-22-16-6-2-1-3-8-25(16)17)18(15-5-4-7-20-13-15)24-9-11-27-12-10-24/h4-5,7,13,18H,1-3,6,8-12,14H2,(H,21,26)/t18-/m1/s1. The molecule has 1 saturated heterocycles. The van der Waals surface area contributed by atoms with Crippen molar-refractivity contribution < 1.29 is 9.53 Å². The summed E-state index contributed by atoms with van der Waals surface area (Å²) in [5.74, 6) is 1.84. The van der Waals surface area contributed by atoms with Gasteiger partial charge in [-0.15, -0.1) is 10.2 Å². The summed E-state index contributed by atoms with van der Waals surface area (Å²) < 4.78 is 7.62. The second kappa shape index (κ2) is 8.58. The number of carbonyl (C=O) groups is 1. The van der Waals surface area contributed by atoms with E-state index < -0.39 is 0 Å². The SMILES string of the molecule is O=C(NCc1nnc2n1CCCCC2)[C@@H](c1cccnc1)N1CCOCC1. The summed E-state index contributed by atoms with van der Waals surface area (Å²) in [6, 6.07) is 3.46. The molecule has 1 N–H and O–H groups in total. The normalized spacial score (nSPS) is 19.1. The maximum absolute atomic E-state index is 13.1. The molecule has 4 heterocycles. The lowest BCUT2D eigenvalue weighted by atomic mass is 10.1. The topological polar surface area (TPSA) is 85.2 Å². The highest BCUT2D eigenvalue weighted by Crippen LogP contribution is 2.22. The lowest BCUT2D eigenvalue weighted by Gasteiger charge is -2.33. The third kappa shape index (κ3) is 4.17. The maximum Gasteiger partial charge on any atom is 0.242 e. The van der Waals surface area contributed by atoms with Crippen LogP contribution >= 0.6 is 0 Å². The molecule has 27 heavy (non-hydrogen) atoms. The summed E-state index contributed by atoms with van der Waals surface area (Å²) in [5, 5.41) is 11.7. The molecule has 0 spiro atoms. The minimum atomic E-state index is -0.367. The van der Waals surface area contributed by atoms with Gasteiger partial charge in [-0.3, -0.25) is 14.7 Å². The predicted molar refractivity (Wildman–Crippen MR) is 98.8 cm³/mol. The number of fused-ring (bicyclic) bond motifs is 1. The van der Waals surface area contributed by atoms with Crippen LogP contribution in [0.15, 0.2) is 24.5 Å². The third-order valence-corrected chi connectivity index (χ3v) is 5.27. The summed E-state index contributed by atoms with van der Waals surface area (Å²) in [5.41, 5.74) is 0.900. The molecular weight excluding hydrogens is 344 g/mol. The van der Waals surface area contributed by atoms with E-state index >= 15 is 0 Å². The molecular formula is C19H26N6O2. The molecule has 2 aromatic rings. The minimum Gasteiger partial charge on any atom is -0.379 e. The van der Waals surface area contributed by atoms with Crippen LogP contribution in [0.1, 0.15) is 42.5 Å². The van der Waals surface area contributed by atoms with Gasteiger partial charge >= 0.3 is 0 Å². The van der Waals surface area contributed by atoms with Crippen molar-refractivity contribution in [1.29, 1.82) is 0 Å². The fraction of sp³-hybridized carbons (Fsp3) is 0.579. The summed E-state index contributed by atoms with van der Waals surface area (Å²) in [7, 11) is 0. The number of pyridine rings is 1. The molecule has 144 valence electrons. The Morgan fingerprint density at radius 3 is 2.89 bits per heavy atom. The first kappa shape index (κ1) is 18.1. The number of nitrogens with zero attached hydrogens (tertiary/aromatic N) is 5. The fourth-order valence-corrected chi connectivity index (χ4v) is 3.84. The van der Waals surface area contributed by atoms with Crippen molar-refractivity contribution in [2.75, 3.05) is 26.3 Å². The molecule has 8 heteroatoms. The Labute approximate surface area is 158 Å². The third-order valence-electron chi connectivity index (χ3n) is 5.27. The first-order valence-electron chi connectivity index (χ1n) is 9.73. The van der Waals surface area contributed by atoms with Crippen molar-refractivity contribution in [3.8, 4) is 0 Å². The van der Waals surface area contributed by atoms with Crippen LogP contribution < -0.4 is 5.32 Å². The zero-order valence-corrected chi connectivity index (χ0v) is 15.5. The molecule has 2 aliphatic heterocycles. The summed E-state index contributed by atoms with van der Waals surface area (Å²) in [4.78, 5) is 19.4. The van der Waals surface area contributed by atoms with Gasteiger partial charge in [0.05, 0.1) is 19.8 Å². The minimum absolute atomic E-state index is 0.0316. The van der Waals surface area contributed by atoms with Gasteiger partial charge in [-0.1, -0.05) is 12.5 Å². The van der Waals surface area contributed by atoms with E-state index in [0.717, 1.165) is 56.1 Å². The molecule has 1 amide bonds. The van der Waals surface area contributed by atoms with Crippen LogP contribution in [0.25, 0.3) is 0 Å². The zero-order valence-electron chi connectivity index (χ0n) is 15.5. The van der Waals surface area contributed by atoms with Gasteiger partial charge in [0, 0.05) is 38.4 Å². The molecule has 1 atom stereocenters. The van der Waals surface area contributed by atoms with Gasteiger partial charge in [0.1, 0.15) is 11.9 Å². The van der Waals surface area contributed by atoms with Gasteiger partial charge in [-0.2, -0.15) is 0 Å². The lowest BCUT2D eigenvalue weighted by Crippen LogP contribution is -2.45. The average molecular weight is 370 g/mol. The van der Waals surface area contributed by atoms with Crippen LogP contribution in [0, 0.1) is 0 Å². The van der Waals surface area contributed by atoms with Gasteiger partial charge in [0.2, 0.25) is 5.91 Å². The number of aromatic nitrogens is 4. The smallest absolute Gasteiger partial charge is 0.242 e. The van der Waals surface area contributed by atoms with E-state index in [-0.39, 0.29) is 11.9 Å². The predicted octanol–water partition coefficient (Wildman–Crippen LogP) is 1.09. The first-order valence-corrected chi connectivity index (χ1v) is 9.73. The number of hydrogen-bond donors (Lipinski definition) is 1. The summed E-state index contributed by atoms with van der Waals surface area (Å²) in [6.45, 7) is 4.07. The molecule has 2 aromatic heterocycles. The largest absolute Gasteiger partial charge is 0.379 e. The molecule has 0 saturated carbocycles. The molecule has 0 aromatic carbocycles. The summed E-state index contributed by atoms with van der Waals surface area (Å²) in [6.07, 6.45) is 7.97. The Morgan fingerprint density at radius 2 is 2.07 bits per heavy atom. The van der Waals surface area contributed by atoms with Crippen molar-refractivity contribution in [3.63, 3.8) is 0 Å². The van der Waals surface area contributed by atoms with Crippen LogP contribution in [0.4, 0.5) is 0 Å². The molecule has 0 bridgehead atoms. The second-order valence-electron chi connectivity index (χ2n) is 7.05. The molecule has 2 aliphatic rings. The fourth-order valence-electron chi connectivity index (χ4n) is 3.84. The van der Waals surface area contributed by atoms with E-state index in [9.17, 15) is 4.79 Å². The van der Waals surface area contributed by atoms with Crippen molar-refractivity contribution in [2.24, 2.45) is 0 Å². The Hall–Kier alpha value is -2.32. The van der Waals surface area contributed by atoms with E-state index in [1.165, 1.54) is 6.42 Å². The van der Waals surface area contributed by atoms with Crippen LogP contribution in [0.5, 0.6) is 0 Å². The molecule has 1 fully saturated rings. The number of rotatable bonds is 5. The second-order valence-corrected chi connectivity index (χ2v) is 7.05. The van der Waals surface area contributed by atoms with Crippen molar-refractivity contribution in [1.82, 2.24) is 30.0 Å². The number of ether oxygens (including phenoxy) is 1. The van der Waals surface area contributed by atoms with E-state index in [4.69, 9.17) is 4.74 Å². The van der Waals surface area contributed by atoms with Crippen LogP contribution in [-0.4, -0.2) is 56.9 Å². The maximum atomic E-state index is 13.1. The van der Waals surface area contributed by atoms with E-state index in [2.05, 4.69) is 30.0 Å². The molecule has 4 rings (SSSR count). The Bertz CT molecular complexity index is 757. The monoisotopic (exact) mass is 370 g/mol. The van der Waals surface area contributed by atoms with E-state index in [1.54, 1.807) is 12.4 Å². The lowest BCUT2D eigenvalue weighted by molar-refractivity contribution is -0.128. The Morgan fingerprint density at radius 1 is 1.19 bits per heavy atom. The Kier molecular flexibility index (Phi) is 5.74. The highest BCUT2D eigenvalue weighted by Gasteiger charge is 2.29. The first-order chi connectivity index (χ1) is 13.3. The number of nitrogens with one attached hydrogen (secondary N) is 1. The summed E-state index contributed by atoms with van der Waals surface area (Å²) >= 11 is 0. The molecule has 0 unspecified atom stereocenters. The van der Waals surface area contributed by atoms with Crippen molar-refractivity contribution in [2.45, 2.75) is 44.8 Å². The molecule has 0 aliphatic carbocycles. The highest BCUT2D eigenvalue weighted by molar-refractivity contribution is 5.83. The number of morpholine rings is 1. The number of amides is 1. The average Bonchev–Trinajstić information content (AvgIpc) is 2.94. The van der Waals surface area contributed by atoms with Gasteiger partial charge < -0.3 is 14.6 Å².